The van der Waals surface area contributed by atoms with Gasteiger partial charge in [-0.05, 0) is 18.4 Å². The highest BCUT2D eigenvalue weighted by molar-refractivity contribution is 7.84. The molecule has 0 aliphatic carbocycles. The number of rotatable bonds is 7. The fraction of sp³-hybridized carbons (Fsp3) is 0.600. The van der Waals surface area contributed by atoms with Crippen LogP contribution in [-0.4, -0.2) is 26.9 Å². The summed E-state index contributed by atoms with van der Waals surface area (Å²) >= 11 is 0. The summed E-state index contributed by atoms with van der Waals surface area (Å²) in [5.41, 5.74) is 1.01. The molecule has 2 N–H and O–H groups in total. The Morgan fingerprint density at radius 1 is 1.18 bits per heavy atom. The molecule has 0 aromatic heterocycles. The predicted molar refractivity (Wildman–Crippen MR) is 82.1 cm³/mol. The molecule has 0 spiro atoms. The monoisotopic (exact) mass is 329 g/mol. The standard InChI is InChI=1S/C15H23NO5S/c1-3-15(4-2)20-13(10-11-19-22(16,17)18)14(21-15)12-8-6-5-7-9-12/h5-9,13-14H,3-4,10-11H2,1-2H3,(H2,16,17,18). The minimum absolute atomic E-state index is 0.0281. The van der Waals surface area contributed by atoms with E-state index in [9.17, 15) is 8.42 Å². The molecule has 0 radical (unpaired) electrons. The molecule has 124 valence electrons. The smallest absolute Gasteiger partial charge is 0.333 e. The lowest BCUT2D eigenvalue weighted by atomic mass is 10.0. The Hall–Kier alpha value is -0.990. The molecule has 0 saturated carbocycles. The van der Waals surface area contributed by atoms with Gasteiger partial charge in [-0.1, -0.05) is 44.2 Å². The zero-order chi connectivity index (χ0) is 16.2. The van der Waals surface area contributed by atoms with Gasteiger partial charge in [-0.3, -0.25) is 4.18 Å². The van der Waals surface area contributed by atoms with Gasteiger partial charge in [0, 0.05) is 6.42 Å². The summed E-state index contributed by atoms with van der Waals surface area (Å²) in [5, 5.41) is 4.85. The molecule has 1 aromatic rings. The SMILES string of the molecule is CCC1(CC)OC(CCOS(N)(=O)=O)C(c2ccccc2)O1. The van der Waals surface area contributed by atoms with Crippen LogP contribution < -0.4 is 5.14 Å². The van der Waals surface area contributed by atoms with Crippen molar-refractivity contribution < 1.29 is 22.1 Å². The quantitative estimate of drug-likeness (QED) is 0.829. The molecule has 1 aromatic carbocycles. The number of nitrogens with two attached hydrogens (primary N) is 1. The molecule has 2 unspecified atom stereocenters. The Balaban J connectivity index is 2.13. The van der Waals surface area contributed by atoms with E-state index in [0.717, 1.165) is 18.4 Å². The van der Waals surface area contributed by atoms with Crippen LogP contribution in [0.25, 0.3) is 0 Å². The summed E-state index contributed by atoms with van der Waals surface area (Å²) in [6, 6.07) is 9.76. The van der Waals surface area contributed by atoms with Crippen LogP contribution >= 0.6 is 0 Å². The van der Waals surface area contributed by atoms with Crippen LogP contribution in [-0.2, 0) is 24.0 Å². The van der Waals surface area contributed by atoms with Crippen molar-refractivity contribution in [2.75, 3.05) is 6.61 Å². The van der Waals surface area contributed by atoms with Crippen molar-refractivity contribution in [3.8, 4) is 0 Å². The molecule has 22 heavy (non-hydrogen) atoms. The first-order valence-electron chi connectivity index (χ1n) is 7.47. The van der Waals surface area contributed by atoms with E-state index in [0.29, 0.717) is 6.42 Å². The molecule has 6 nitrogen and oxygen atoms in total. The average Bonchev–Trinajstić information content (AvgIpc) is 2.87. The zero-order valence-corrected chi connectivity index (χ0v) is 13.7. The summed E-state index contributed by atoms with van der Waals surface area (Å²) in [6.45, 7) is 3.99. The number of benzene rings is 1. The molecule has 1 saturated heterocycles. The number of ether oxygens (including phenoxy) is 2. The maximum atomic E-state index is 10.9. The maximum absolute atomic E-state index is 10.9. The van der Waals surface area contributed by atoms with Crippen LogP contribution in [0.2, 0.25) is 0 Å². The summed E-state index contributed by atoms with van der Waals surface area (Å²) in [4.78, 5) is 0. The number of hydrogen-bond acceptors (Lipinski definition) is 5. The topological polar surface area (TPSA) is 87.9 Å². The van der Waals surface area contributed by atoms with E-state index >= 15 is 0 Å². The highest BCUT2D eigenvalue weighted by Crippen LogP contribution is 2.43. The third-order valence-corrected chi connectivity index (χ3v) is 4.40. The lowest BCUT2D eigenvalue weighted by molar-refractivity contribution is -0.180. The van der Waals surface area contributed by atoms with E-state index in [2.05, 4.69) is 4.18 Å². The van der Waals surface area contributed by atoms with E-state index < -0.39 is 16.1 Å². The summed E-state index contributed by atoms with van der Waals surface area (Å²) < 4.78 is 38.6. The van der Waals surface area contributed by atoms with Crippen molar-refractivity contribution in [2.24, 2.45) is 5.14 Å². The van der Waals surface area contributed by atoms with Crippen molar-refractivity contribution in [2.45, 2.75) is 51.1 Å². The number of hydrogen-bond donors (Lipinski definition) is 1. The van der Waals surface area contributed by atoms with Crippen molar-refractivity contribution in [3.05, 3.63) is 35.9 Å². The van der Waals surface area contributed by atoms with Crippen molar-refractivity contribution in [1.82, 2.24) is 0 Å². The van der Waals surface area contributed by atoms with Crippen molar-refractivity contribution in [3.63, 3.8) is 0 Å². The lowest BCUT2D eigenvalue weighted by Crippen LogP contribution is -2.29. The Labute approximate surface area is 131 Å². The van der Waals surface area contributed by atoms with Crippen LogP contribution in [0.5, 0.6) is 0 Å². The summed E-state index contributed by atoms with van der Waals surface area (Å²) in [6.07, 6.45) is 1.31. The van der Waals surface area contributed by atoms with Crippen molar-refractivity contribution >= 4 is 10.3 Å². The largest absolute Gasteiger partial charge is 0.344 e. The molecule has 1 aliphatic rings. The van der Waals surface area contributed by atoms with E-state index in [1.54, 1.807) is 0 Å². The summed E-state index contributed by atoms with van der Waals surface area (Å²) in [5.74, 6) is -0.632. The molecule has 1 fully saturated rings. The maximum Gasteiger partial charge on any atom is 0.333 e. The molecular weight excluding hydrogens is 306 g/mol. The van der Waals surface area contributed by atoms with Gasteiger partial charge in [-0.25, -0.2) is 5.14 Å². The van der Waals surface area contributed by atoms with E-state index in [4.69, 9.17) is 14.6 Å². The van der Waals surface area contributed by atoms with Gasteiger partial charge in [0.25, 0.3) is 0 Å². The van der Waals surface area contributed by atoms with Gasteiger partial charge in [0.15, 0.2) is 5.79 Å². The third-order valence-electron chi connectivity index (χ3n) is 3.90. The predicted octanol–water partition coefficient (Wildman–Crippen LogP) is 2.27. The second kappa shape index (κ2) is 7.06. The fourth-order valence-electron chi connectivity index (χ4n) is 2.67. The highest BCUT2D eigenvalue weighted by Gasteiger charge is 2.45. The third kappa shape index (κ3) is 4.27. The van der Waals surface area contributed by atoms with Gasteiger partial charge in [-0.2, -0.15) is 8.42 Å². The van der Waals surface area contributed by atoms with Gasteiger partial charge in [0.1, 0.15) is 6.10 Å². The molecular formula is C15H23NO5S. The molecule has 2 rings (SSSR count). The second-order valence-corrected chi connectivity index (χ2v) is 6.55. The molecule has 1 heterocycles. The van der Waals surface area contributed by atoms with Crippen LogP contribution in [0, 0.1) is 0 Å². The Kier molecular flexibility index (Phi) is 5.57. The van der Waals surface area contributed by atoms with Crippen LogP contribution in [0.15, 0.2) is 30.3 Å². The Morgan fingerprint density at radius 3 is 2.36 bits per heavy atom. The Bertz CT molecular complexity index is 571. The molecule has 0 bridgehead atoms. The first-order valence-corrected chi connectivity index (χ1v) is 8.94. The first kappa shape index (κ1) is 17.4. The molecule has 0 amide bonds. The molecule has 7 heteroatoms. The average molecular weight is 329 g/mol. The normalized spacial score (nSPS) is 24.5. The minimum atomic E-state index is -3.93. The van der Waals surface area contributed by atoms with E-state index in [1.165, 1.54) is 0 Å². The second-order valence-electron chi connectivity index (χ2n) is 5.33. The van der Waals surface area contributed by atoms with Gasteiger partial charge >= 0.3 is 10.3 Å². The van der Waals surface area contributed by atoms with Gasteiger partial charge in [0.05, 0.1) is 12.7 Å². The van der Waals surface area contributed by atoms with E-state index in [1.807, 2.05) is 44.2 Å². The fourth-order valence-corrected chi connectivity index (χ4v) is 3.00. The van der Waals surface area contributed by atoms with Crippen LogP contribution in [0.4, 0.5) is 0 Å². The van der Waals surface area contributed by atoms with E-state index in [-0.39, 0.29) is 18.8 Å². The molecule has 2 atom stereocenters. The summed E-state index contributed by atoms with van der Waals surface area (Å²) in [7, 11) is -3.93. The van der Waals surface area contributed by atoms with Gasteiger partial charge < -0.3 is 9.47 Å². The zero-order valence-electron chi connectivity index (χ0n) is 12.9. The highest BCUT2D eigenvalue weighted by atomic mass is 32.2. The Morgan fingerprint density at radius 2 is 1.82 bits per heavy atom. The minimum Gasteiger partial charge on any atom is -0.344 e. The van der Waals surface area contributed by atoms with Crippen LogP contribution in [0.3, 0.4) is 0 Å². The van der Waals surface area contributed by atoms with Crippen LogP contribution in [0.1, 0.15) is 44.8 Å². The first-order chi connectivity index (χ1) is 10.4. The van der Waals surface area contributed by atoms with Gasteiger partial charge in [0.2, 0.25) is 0 Å². The lowest BCUT2D eigenvalue weighted by Gasteiger charge is -2.25. The van der Waals surface area contributed by atoms with Gasteiger partial charge in [-0.15, -0.1) is 0 Å². The van der Waals surface area contributed by atoms with Crippen molar-refractivity contribution in [1.29, 1.82) is 0 Å². The molecule has 1 aliphatic heterocycles.